The van der Waals surface area contributed by atoms with Crippen LogP contribution in [0.2, 0.25) is 0 Å². The molecule has 0 radical (unpaired) electrons. The van der Waals surface area contributed by atoms with E-state index in [1.165, 1.54) is 17.4 Å². The monoisotopic (exact) mass is 438 g/mol. The van der Waals surface area contributed by atoms with Crippen LogP contribution in [0.5, 0.6) is 0 Å². The van der Waals surface area contributed by atoms with Crippen molar-refractivity contribution < 1.29 is 34.2 Å². The van der Waals surface area contributed by atoms with Crippen molar-refractivity contribution in [2.45, 2.75) is 50.2 Å². The number of hydrogen-bond acceptors (Lipinski definition) is 7. The van der Waals surface area contributed by atoms with Gasteiger partial charge in [0.2, 0.25) is 17.7 Å². The van der Waals surface area contributed by atoms with Crippen molar-refractivity contribution >= 4 is 29.7 Å². The van der Waals surface area contributed by atoms with Gasteiger partial charge >= 0.3 is 11.9 Å². The molecule has 0 aromatic carbocycles. The van der Waals surface area contributed by atoms with E-state index in [0.717, 1.165) is 0 Å². The third-order valence-electron chi connectivity index (χ3n) is 4.85. The Kier molecular flexibility index (Phi) is 8.49. The van der Waals surface area contributed by atoms with Gasteiger partial charge in [0, 0.05) is 31.3 Å². The SMILES string of the molecule is NC(CCC(=O)O)C(=O)N1CCCC1C(=O)NC(Cc1cnc[nH]1)C(=O)NCC(=O)O. The number of aromatic nitrogens is 2. The lowest BCUT2D eigenvalue weighted by molar-refractivity contribution is -0.142. The number of aromatic amines is 1. The fourth-order valence-electron chi connectivity index (χ4n) is 3.30. The van der Waals surface area contributed by atoms with Crippen molar-refractivity contribution in [1.82, 2.24) is 25.5 Å². The number of carboxylic acid groups (broad SMARTS) is 2. The molecule has 1 saturated heterocycles. The summed E-state index contributed by atoms with van der Waals surface area (Å²) in [4.78, 5) is 67.3. The number of carbonyl (C=O) groups is 5. The maximum atomic E-state index is 12.9. The molecule has 1 aliphatic heterocycles. The van der Waals surface area contributed by atoms with Gasteiger partial charge in [0.15, 0.2) is 0 Å². The molecule has 1 aromatic rings. The molecule has 7 N–H and O–H groups in total. The molecule has 13 nitrogen and oxygen atoms in total. The molecule has 170 valence electrons. The summed E-state index contributed by atoms with van der Waals surface area (Å²) in [5, 5.41) is 22.3. The molecular weight excluding hydrogens is 412 g/mol. The largest absolute Gasteiger partial charge is 0.481 e. The van der Waals surface area contributed by atoms with Gasteiger partial charge in [-0.2, -0.15) is 0 Å². The second-order valence-electron chi connectivity index (χ2n) is 7.18. The molecule has 0 bridgehead atoms. The highest BCUT2D eigenvalue weighted by molar-refractivity contribution is 5.94. The number of nitrogens with zero attached hydrogens (tertiary/aromatic N) is 2. The fourth-order valence-corrected chi connectivity index (χ4v) is 3.30. The summed E-state index contributed by atoms with van der Waals surface area (Å²) in [6.07, 6.45) is 3.49. The van der Waals surface area contributed by atoms with Crippen LogP contribution in [0.1, 0.15) is 31.4 Å². The van der Waals surface area contributed by atoms with Crippen LogP contribution in [0.15, 0.2) is 12.5 Å². The molecule has 0 saturated carbocycles. The first-order chi connectivity index (χ1) is 14.7. The summed E-state index contributed by atoms with van der Waals surface area (Å²) < 4.78 is 0. The molecule has 0 spiro atoms. The molecule has 3 amide bonds. The van der Waals surface area contributed by atoms with E-state index in [2.05, 4.69) is 20.6 Å². The number of carboxylic acids is 2. The number of nitrogens with one attached hydrogen (secondary N) is 3. The minimum atomic E-state index is -1.23. The van der Waals surface area contributed by atoms with Gasteiger partial charge in [-0.25, -0.2) is 4.98 Å². The molecule has 3 atom stereocenters. The van der Waals surface area contributed by atoms with Crippen molar-refractivity contribution in [3.8, 4) is 0 Å². The van der Waals surface area contributed by atoms with Crippen LogP contribution in [0.25, 0.3) is 0 Å². The van der Waals surface area contributed by atoms with Gasteiger partial charge in [0.25, 0.3) is 0 Å². The molecule has 13 heteroatoms. The lowest BCUT2D eigenvalue weighted by atomic mass is 10.1. The highest BCUT2D eigenvalue weighted by Crippen LogP contribution is 2.19. The first-order valence-corrected chi connectivity index (χ1v) is 9.74. The first kappa shape index (κ1) is 23.8. The van der Waals surface area contributed by atoms with Crippen molar-refractivity contribution in [2.75, 3.05) is 13.1 Å². The average molecular weight is 438 g/mol. The van der Waals surface area contributed by atoms with Gasteiger partial charge in [-0.3, -0.25) is 24.0 Å². The van der Waals surface area contributed by atoms with Crippen LogP contribution < -0.4 is 16.4 Å². The van der Waals surface area contributed by atoms with Gasteiger partial charge in [-0.1, -0.05) is 0 Å². The zero-order chi connectivity index (χ0) is 23.0. The number of imidazole rings is 1. The molecule has 3 unspecified atom stereocenters. The molecule has 2 rings (SSSR count). The summed E-state index contributed by atoms with van der Waals surface area (Å²) in [6, 6.07) is -3.00. The molecule has 31 heavy (non-hydrogen) atoms. The van der Waals surface area contributed by atoms with Crippen molar-refractivity contribution in [3.63, 3.8) is 0 Å². The summed E-state index contributed by atoms with van der Waals surface area (Å²) in [6.45, 7) is -0.325. The Hall–Kier alpha value is -3.48. The summed E-state index contributed by atoms with van der Waals surface area (Å²) in [7, 11) is 0. The smallest absolute Gasteiger partial charge is 0.322 e. The lowest BCUT2D eigenvalue weighted by Gasteiger charge is -2.28. The van der Waals surface area contributed by atoms with Gasteiger partial charge in [0.05, 0.1) is 12.4 Å². The zero-order valence-electron chi connectivity index (χ0n) is 16.7. The Bertz CT molecular complexity index is 812. The van der Waals surface area contributed by atoms with Gasteiger partial charge in [0.1, 0.15) is 18.6 Å². The fraction of sp³-hybridized carbons (Fsp3) is 0.556. The van der Waals surface area contributed by atoms with E-state index in [9.17, 15) is 24.0 Å². The average Bonchev–Trinajstić information content (AvgIpc) is 3.40. The van der Waals surface area contributed by atoms with E-state index >= 15 is 0 Å². The Morgan fingerprint density at radius 2 is 2.00 bits per heavy atom. The highest BCUT2D eigenvalue weighted by atomic mass is 16.4. The van der Waals surface area contributed by atoms with Crippen molar-refractivity contribution in [2.24, 2.45) is 5.73 Å². The van der Waals surface area contributed by atoms with E-state index in [1.54, 1.807) is 0 Å². The maximum absolute atomic E-state index is 12.9. The number of hydrogen-bond donors (Lipinski definition) is 6. The van der Waals surface area contributed by atoms with Crippen LogP contribution in [0.3, 0.4) is 0 Å². The summed E-state index contributed by atoms with van der Waals surface area (Å²) in [5.74, 6) is -4.11. The van der Waals surface area contributed by atoms with Gasteiger partial charge < -0.3 is 36.5 Å². The predicted molar refractivity (Wildman–Crippen MR) is 104 cm³/mol. The third-order valence-corrected chi connectivity index (χ3v) is 4.85. The van der Waals surface area contributed by atoms with Gasteiger partial charge in [-0.15, -0.1) is 0 Å². The quantitative estimate of drug-likeness (QED) is 0.222. The van der Waals surface area contributed by atoms with Crippen molar-refractivity contribution in [1.29, 1.82) is 0 Å². The van der Waals surface area contributed by atoms with E-state index < -0.39 is 54.3 Å². The third kappa shape index (κ3) is 7.06. The lowest BCUT2D eigenvalue weighted by Crippen LogP contribution is -2.56. The number of likely N-dealkylation sites (tertiary alicyclic amines) is 1. The Morgan fingerprint density at radius 1 is 1.26 bits per heavy atom. The molecule has 0 aliphatic carbocycles. The van der Waals surface area contributed by atoms with Crippen LogP contribution in [-0.4, -0.2) is 86.0 Å². The first-order valence-electron chi connectivity index (χ1n) is 9.74. The number of nitrogens with two attached hydrogens (primary N) is 1. The second kappa shape index (κ2) is 11.1. The molecule has 1 fully saturated rings. The Morgan fingerprint density at radius 3 is 2.61 bits per heavy atom. The molecule has 1 aromatic heterocycles. The van der Waals surface area contributed by atoms with E-state index in [-0.39, 0.29) is 25.8 Å². The predicted octanol–water partition coefficient (Wildman–Crippen LogP) is -2.18. The van der Waals surface area contributed by atoms with Crippen LogP contribution in [0, 0.1) is 0 Å². The Balaban J connectivity index is 2.06. The number of amides is 3. The number of H-pyrrole nitrogens is 1. The summed E-state index contributed by atoms with van der Waals surface area (Å²) in [5.41, 5.74) is 6.35. The maximum Gasteiger partial charge on any atom is 0.322 e. The van der Waals surface area contributed by atoms with Crippen LogP contribution >= 0.6 is 0 Å². The number of aliphatic carboxylic acids is 2. The van der Waals surface area contributed by atoms with E-state index in [0.29, 0.717) is 18.5 Å². The highest BCUT2D eigenvalue weighted by Gasteiger charge is 2.37. The second-order valence-corrected chi connectivity index (χ2v) is 7.18. The molecule has 2 heterocycles. The topological polar surface area (TPSA) is 208 Å². The minimum Gasteiger partial charge on any atom is -0.481 e. The van der Waals surface area contributed by atoms with E-state index in [1.807, 2.05) is 0 Å². The van der Waals surface area contributed by atoms with Gasteiger partial charge in [-0.05, 0) is 19.3 Å². The van der Waals surface area contributed by atoms with E-state index in [4.69, 9.17) is 15.9 Å². The minimum absolute atomic E-state index is 0.0377. The standard InChI is InChI=1S/C18H26N6O7/c19-11(3-4-14(25)26)18(31)24-5-1-2-13(24)17(30)23-12(6-10-7-20-9-22-10)16(29)21-8-15(27)28/h7,9,11-13H,1-6,8,19H2,(H,20,22)(H,21,29)(H,23,30)(H,25,26)(H,27,28). The zero-order valence-corrected chi connectivity index (χ0v) is 16.7. The number of rotatable bonds is 11. The summed E-state index contributed by atoms with van der Waals surface area (Å²) >= 11 is 0. The normalized spacial score (nSPS) is 17.6. The molecule has 1 aliphatic rings. The number of carbonyl (C=O) groups excluding carboxylic acids is 3. The van der Waals surface area contributed by atoms with Crippen LogP contribution in [-0.2, 0) is 30.4 Å². The Labute approximate surface area is 177 Å². The molecular formula is C18H26N6O7. The van der Waals surface area contributed by atoms with Crippen LogP contribution in [0.4, 0.5) is 0 Å². The van der Waals surface area contributed by atoms with Crippen molar-refractivity contribution in [3.05, 3.63) is 18.2 Å².